The molecule has 0 bridgehead atoms. The van der Waals surface area contributed by atoms with Crippen molar-refractivity contribution < 1.29 is 14.3 Å². The van der Waals surface area contributed by atoms with Crippen molar-refractivity contribution in [3.63, 3.8) is 0 Å². The van der Waals surface area contributed by atoms with Gasteiger partial charge in [0.1, 0.15) is 17.1 Å². The highest BCUT2D eigenvalue weighted by Gasteiger charge is 2.42. The van der Waals surface area contributed by atoms with E-state index in [2.05, 4.69) is 25.1 Å². The molecule has 28 heavy (non-hydrogen) atoms. The van der Waals surface area contributed by atoms with E-state index in [4.69, 9.17) is 9.47 Å². The number of carbonyl (C=O) groups excluding carboxylic acids is 1. The van der Waals surface area contributed by atoms with Crippen molar-refractivity contribution in [3.8, 4) is 0 Å². The predicted octanol–water partition coefficient (Wildman–Crippen LogP) is 0.741. The maximum absolute atomic E-state index is 12.7. The van der Waals surface area contributed by atoms with Gasteiger partial charge in [0.05, 0.1) is 44.1 Å². The minimum absolute atomic E-state index is 0.0798. The molecule has 0 radical (unpaired) electrons. The maximum Gasteiger partial charge on any atom is 0.274 e. The summed E-state index contributed by atoms with van der Waals surface area (Å²) in [6.45, 7) is 4.66. The van der Waals surface area contributed by atoms with E-state index in [9.17, 15) is 4.79 Å². The first kappa shape index (κ1) is 17.6. The molecule has 1 spiro atoms. The molecule has 5 rings (SSSR count). The van der Waals surface area contributed by atoms with E-state index < -0.39 is 0 Å². The molecule has 5 heterocycles. The van der Waals surface area contributed by atoms with Gasteiger partial charge in [0.15, 0.2) is 0 Å². The second-order valence-electron chi connectivity index (χ2n) is 7.52. The van der Waals surface area contributed by atoms with Crippen molar-refractivity contribution in [2.24, 2.45) is 0 Å². The number of hydrogen-bond donors (Lipinski definition) is 1. The van der Waals surface area contributed by atoms with Crippen LogP contribution in [0, 0.1) is 0 Å². The van der Waals surface area contributed by atoms with Crippen molar-refractivity contribution in [1.29, 1.82) is 0 Å². The van der Waals surface area contributed by atoms with Gasteiger partial charge in [0.2, 0.25) is 0 Å². The second-order valence-corrected chi connectivity index (χ2v) is 7.52. The Morgan fingerprint density at radius 1 is 1.07 bits per heavy atom. The Hall–Kier alpha value is -2.52. The lowest BCUT2D eigenvalue weighted by atomic mass is 9.84. The zero-order valence-electron chi connectivity index (χ0n) is 15.8. The monoisotopic (exact) mass is 384 g/mol. The molecule has 0 saturated carbocycles. The van der Waals surface area contributed by atoms with Gasteiger partial charge < -0.3 is 19.3 Å². The Kier molecular flexibility index (Phi) is 4.48. The molecule has 3 aliphatic heterocycles. The Morgan fingerprint density at radius 2 is 1.89 bits per heavy atom. The molecule has 1 N–H and O–H groups in total. The van der Waals surface area contributed by atoms with E-state index in [1.807, 2.05) is 6.20 Å². The van der Waals surface area contributed by atoms with Crippen LogP contribution in [-0.4, -0.2) is 77.0 Å². The molecule has 148 valence electrons. The lowest BCUT2D eigenvalue weighted by molar-refractivity contribution is -0.0796. The number of rotatable bonds is 2. The third kappa shape index (κ3) is 3.04. The lowest BCUT2D eigenvalue weighted by Crippen LogP contribution is -2.47. The minimum Gasteiger partial charge on any atom is -0.378 e. The zero-order valence-corrected chi connectivity index (χ0v) is 15.8. The molecule has 3 aliphatic rings. The van der Waals surface area contributed by atoms with Crippen LogP contribution in [0.1, 0.15) is 34.6 Å². The summed E-state index contributed by atoms with van der Waals surface area (Å²) < 4.78 is 11.5. The number of aromatic nitrogens is 4. The van der Waals surface area contributed by atoms with Gasteiger partial charge in [-0.1, -0.05) is 0 Å². The molecular weight excluding hydrogens is 360 g/mol. The molecule has 2 aromatic rings. The van der Waals surface area contributed by atoms with Crippen LogP contribution in [0.3, 0.4) is 0 Å². The summed E-state index contributed by atoms with van der Waals surface area (Å²) in [6.07, 6.45) is 7.81. The number of hydrogen-bond acceptors (Lipinski definition) is 7. The Bertz CT molecular complexity index is 855. The largest absolute Gasteiger partial charge is 0.378 e. The first-order chi connectivity index (χ1) is 13.8. The van der Waals surface area contributed by atoms with Crippen LogP contribution < -0.4 is 4.90 Å². The number of H-pyrrole nitrogens is 1. The number of nitrogens with one attached hydrogen (secondary N) is 1. The molecule has 2 fully saturated rings. The maximum atomic E-state index is 12.7. The van der Waals surface area contributed by atoms with Gasteiger partial charge in [-0.15, -0.1) is 0 Å². The van der Waals surface area contributed by atoms with E-state index in [-0.39, 0.29) is 11.5 Å². The van der Waals surface area contributed by atoms with E-state index in [0.717, 1.165) is 50.5 Å². The number of aromatic amines is 1. The average Bonchev–Trinajstić information content (AvgIpc) is 3.25. The summed E-state index contributed by atoms with van der Waals surface area (Å²) in [5.74, 6) is 0.665. The Labute approximate surface area is 163 Å². The fraction of sp³-hybridized carbons (Fsp3) is 0.579. The summed E-state index contributed by atoms with van der Waals surface area (Å²) in [6, 6.07) is 0. The van der Waals surface area contributed by atoms with Crippen molar-refractivity contribution in [3.05, 3.63) is 35.5 Å². The molecule has 9 heteroatoms. The molecule has 0 atom stereocenters. The highest BCUT2D eigenvalue weighted by atomic mass is 16.5. The van der Waals surface area contributed by atoms with Gasteiger partial charge in [0, 0.05) is 26.2 Å². The van der Waals surface area contributed by atoms with E-state index in [0.29, 0.717) is 32.0 Å². The summed E-state index contributed by atoms with van der Waals surface area (Å²) >= 11 is 0. The van der Waals surface area contributed by atoms with Crippen LogP contribution in [0.25, 0.3) is 0 Å². The van der Waals surface area contributed by atoms with E-state index in [1.54, 1.807) is 17.3 Å². The van der Waals surface area contributed by atoms with Crippen molar-refractivity contribution >= 4 is 11.7 Å². The van der Waals surface area contributed by atoms with Gasteiger partial charge in [0.25, 0.3) is 5.91 Å². The highest BCUT2D eigenvalue weighted by molar-refractivity contribution is 5.92. The number of fused-ring (bicyclic) bond motifs is 2. The Morgan fingerprint density at radius 3 is 2.71 bits per heavy atom. The topological polar surface area (TPSA) is 96.5 Å². The van der Waals surface area contributed by atoms with Gasteiger partial charge in [-0.2, -0.15) is 5.10 Å². The van der Waals surface area contributed by atoms with Gasteiger partial charge in [-0.3, -0.25) is 14.9 Å². The smallest absolute Gasteiger partial charge is 0.274 e. The SMILES string of the molecule is O=C(c1cncc(N2CCC3(CC2)OCCc2cn[nH]c23)n1)N1CCOCC1. The minimum atomic E-state index is -0.282. The number of morpholine rings is 1. The fourth-order valence-electron chi connectivity index (χ4n) is 4.35. The van der Waals surface area contributed by atoms with Crippen LogP contribution in [-0.2, 0) is 21.5 Å². The molecule has 0 unspecified atom stereocenters. The number of nitrogens with zero attached hydrogens (tertiary/aromatic N) is 5. The summed E-state index contributed by atoms with van der Waals surface area (Å²) in [5, 5.41) is 7.37. The number of ether oxygens (including phenoxy) is 2. The van der Waals surface area contributed by atoms with Crippen LogP contribution >= 0.6 is 0 Å². The molecule has 9 nitrogen and oxygen atoms in total. The molecule has 0 aromatic carbocycles. The van der Waals surface area contributed by atoms with E-state index >= 15 is 0 Å². The normalized spacial score (nSPS) is 21.6. The van der Waals surface area contributed by atoms with Gasteiger partial charge >= 0.3 is 0 Å². The zero-order chi connectivity index (χ0) is 19.0. The lowest BCUT2D eigenvalue weighted by Gasteiger charge is -2.43. The third-order valence-electron chi connectivity index (χ3n) is 5.96. The quantitative estimate of drug-likeness (QED) is 0.816. The van der Waals surface area contributed by atoms with Gasteiger partial charge in [-0.25, -0.2) is 4.98 Å². The number of amides is 1. The summed E-state index contributed by atoms with van der Waals surface area (Å²) in [5.41, 5.74) is 2.50. The van der Waals surface area contributed by atoms with Crippen LogP contribution in [0.5, 0.6) is 0 Å². The fourth-order valence-corrected chi connectivity index (χ4v) is 4.35. The number of piperidine rings is 1. The van der Waals surface area contributed by atoms with Gasteiger partial charge in [-0.05, 0) is 24.8 Å². The number of anilines is 1. The number of carbonyl (C=O) groups is 1. The summed E-state index contributed by atoms with van der Waals surface area (Å²) in [7, 11) is 0. The van der Waals surface area contributed by atoms with Crippen molar-refractivity contribution in [2.75, 3.05) is 50.9 Å². The van der Waals surface area contributed by atoms with Crippen molar-refractivity contribution in [1.82, 2.24) is 25.1 Å². The molecule has 0 aliphatic carbocycles. The Balaban J connectivity index is 1.30. The average molecular weight is 384 g/mol. The third-order valence-corrected chi connectivity index (χ3v) is 5.96. The molecule has 2 saturated heterocycles. The molecule has 2 aromatic heterocycles. The predicted molar refractivity (Wildman–Crippen MR) is 100 cm³/mol. The van der Waals surface area contributed by atoms with E-state index in [1.165, 1.54) is 5.56 Å². The summed E-state index contributed by atoms with van der Waals surface area (Å²) in [4.78, 5) is 25.5. The van der Waals surface area contributed by atoms with Crippen LogP contribution in [0.15, 0.2) is 18.6 Å². The second kappa shape index (κ2) is 7.14. The standard InChI is InChI=1S/C19H24N6O3/c26-18(25-6-9-27-10-7-25)15-12-20-13-16(22-15)24-4-2-19(3-5-24)17-14(1-8-28-19)11-21-23-17/h11-13H,1-10H2,(H,21,23). The molecular formula is C19H24N6O3. The highest BCUT2D eigenvalue weighted by Crippen LogP contribution is 2.40. The first-order valence-electron chi connectivity index (χ1n) is 9.86. The van der Waals surface area contributed by atoms with Crippen molar-refractivity contribution in [2.45, 2.75) is 24.9 Å². The first-order valence-corrected chi connectivity index (χ1v) is 9.86. The van der Waals surface area contributed by atoms with Crippen LogP contribution in [0.4, 0.5) is 5.82 Å². The molecule has 1 amide bonds. The van der Waals surface area contributed by atoms with Crippen LogP contribution in [0.2, 0.25) is 0 Å².